The van der Waals surface area contributed by atoms with Crippen molar-refractivity contribution < 1.29 is 9.59 Å². The van der Waals surface area contributed by atoms with Gasteiger partial charge in [0.25, 0.3) is 0 Å². The molecule has 0 aliphatic heterocycles. The molecule has 0 bridgehead atoms. The monoisotopic (exact) mass is 272 g/mol. The minimum absolute atomic E-state index is 0.445. The van der Waals surface area contributed by atoms with Crippen molar-refractivity contribution in [1.29, 1.82) is 0 Å². The third-order valence-electron chi connectivity index (χ3n) is 2.96. The predicted molar refractivity (Wildman–Crippen MR) is 75.4 cm³/mol. The Morgan fingerprint density at radius 2 is 1.53 bits per heavy atom. The fourth-order valence-electron chi connectivity index (χ4n) is 2.03. The van der Waals surface area contributed by atoms with Gasteiger partial charge in [0, 0.05) is 11.9 Å². The lowest BCUT2D eigenvalue weighted by Gasteiger charge is -2.16. The Hall–Kier alpha value is -1.93. The van der Waals surface area contributed by atoms with Crippen LogP contribution in [0.1, 0.15) is 24.0 Å². The van der Waals surface area contributed by atoms with Gasteiger partial charge in [0.2, 0.25) is 5.78 Å². The summed E-state index contributed by atoms with van der Waals surface area (Å²) in [7, 11) is 0. The normalized spacial score (nSPS) is 11.9. The number of benzene rings is 2. The molecule has 0 saturated heterocycles. The minimum atomic E-state index is -0.632. The van der Waals surface area contributed by atoms with Gasteiger partial charge in [-0.25, -0.2) is 0 Å². The number of halogens is 1. The maximum absolute atomic E-state index is 12.2. The smallest absolute Gasteiger partial charge is 0.209 e. The molecule has 0 saturated carbocycles. The van der Waals surface area contributed by atoms with Crippen LogP contribution in [0.5, 0.6) is 0 Å². The van der Waals surface area contributed by atoms with Crippen LogP contribution in [-0.2, 0) is 9.59 Å². The van der Waals surface area contributed by atoms with E-state index in [1.165, 1.54) is 6.92 Å². The summed E-state index contributed by atoms with van der Waals surface area (Å²) in [6, 6.07) is 16.3. The molecular weight excluding hydrogens is 260 g/mol. The lowest BCUT2D eigenvalue weighted by molar-refractivity contribution is -0.135. The number of hydrogen-bond acceptors (Lipinski definition) is 2. The van der Waals surface area contributed by atoms with Crippen LogP contribution in [0, 0.1) is 0 Å². The average Bonchev–Trinajstić information content (AvgIpc) is 2.42. The van der Waals surface area contributed by atoms with E-state index < -0.39 is 17.5 Å². The van der Waals surface area contributed by atoms with E-state index in [0.29, 0.717) is 10.6 Å². The molecule has 19 heavy (non-hydrogen) atoms. The molecule has 0 fully saturated rings. The molecule has 1 atom stereocenters. The van der Waals surface area contributed by atoms with Gasteiger partial charge < -0.3 is 0 Å². The Bertz CT molecular complexity index is 605. The second kappa shape index (κ2) is 5.81. The second-order valence-corrected chi connectivity index (χ2v) is 4.69. The van der Waals surface area contributed by atoms with Gasteiger partial charge in [0.15, 0.2) is 5.78 Å². The molecule has 96 valence electrons. The van der Waals surface area contributed by atoms with Gasteiger partial charge >= 0.3 is 0 Å². The zero-order chi connectivity index (χ0) is 13.8. The third-order valence-corrected chi connectivity index (χ3v) is 3.30. The largest absolute Gasteiger partial charge is 0.291 e. The van der Waals surface area contributed by atoms with Gasteiger partial charge in [-0.1, -0.05) is 60.1 Å². The van der Waals surface area contributed by atoms with E-state index in [1.807, 2.05) is 36.4 Å². The summed E-state index contributed by atoms with van der Waals surface area (Å²) < 4.78 is 0. The van der Waals surface area contributed by atoms with Gasteiger partial charge in [-0.2, -0.15) is 0 Å². The first-order valence-corrected chi connectivity index (χ1v) is 6.33. The van der Waals surface area contributed by atoms with Crippen molar-refractivity contribution in [2.45, 2.75) is 12.8 Å². The summed E-state index contributed by atoms with van der Waals surface area (Å²) in [5.74, 6) is -1.54. The van der Waals surface area contributed by atoms with Crippen molar-refractivity contribution >= 4 is 23.2 Å². The molecule has 0 radical (unpaired) electrons. The highest BCUT2D eigenvalue weighted by Gasteiger charge is 2.27. The Morgan fingerprint density at radius 1 is 0.947 bits per heavy atom. The van der Waals surface area contributed by atoms with E-state index in [-0.39, 0.29) is 0 Å². The molecule has 2 rings (SSSR count). The summed E-state index contributed by atoms with van der Waals surface area (Å²) >= 11 is 6.15. The van der Waals surface area contributed by atoms with E-state index in [1.54, 1.807) is 18.2 Å². The first-order valence-electron chi connectivity index (χ1n) is 5.95. The maximum Gasteiger partial charge on any atom is 0.209 e. The van der Waals surface area contributed by atoms with E-state index in [2.05, 4.69) is 0 Å². The highest BCUT2D eigenvalue weighted by molar-refractivity contribution is 6.40. The minimum Gasteiger partial charge on any atom is -0.291 e. The SMILES string of the molecule is CC(=O)C(=O)C(c1ccccc1)c1ccccc1Cl. The summed E-state index contributed by atoms with van der Waals surface area (Å²) in [6.45, 7) is 1.29. The summed E-state index contributed by atoms with van der Waals surface area (Å²) in [4.78, 5) is 23.6. The first kappa shape index (κ1) is 13.5. The predicted octanol–water partition coefficient (Wildman–Crippen LogP) is 3.63. The molecule has 1 unspecified atom stereocenters. The first-order chi connectivity index (χ1) is 9.11. The van der Waals surface area contributed by atoms with Crippen molar-refractivity contribution in [1.82, 2.24) is 0 Å². The molecule has 0 N–H and O–H groups in total. The molecule has 2 aromatic carbocycles. The van der Waals surface area contributed by atoms with Crippen molar-refractivity contribution in [3.05, 3.63) is 70.7 Å². The van der Waals surface area contributed by atoms with Gasteiger partial charge in [-0.15, -0.1) is 0 Å². The van der Waals surface area contributed by atoms with Crippen LogP contribution < -0.4 is 0 Å². The average molecular weight is 273 g/mol. The number of hydrogen-bond donors (Lipinski definition) is 0. The standard InChI is InChI=1S/C16H13ClO2/c1-11(18)16(19)15(12-7-3-2-4-8-12)13-9-5-6-10-14(13)17/h2-10,15H,1H3. The van der Waals surface area contributed by atoms with Crippen LogP contribution in [0.3, 0.4) is 0 Å². The quantitative estimate of drug-likeness (QED) is 0.797. The topological polar surface area (TPSA) is 34.1 Å². The molecule has 0 heterocycles. The van der Waals surface area contributed by atoms with Crippen molar-refractivity contribution in [2.75, 3.05) is 0 Å². The highest BCUT2D eigenvalue weighted by Crippen LogP contribution is 2.31. The molecule has 0 amide bonds. The molecular formula is C16H13ClO2. The number of ketones is 2. The number of carbonyl (C=O) groups is 2. The number of carbonyl (C=O) groups excluding carboxylic acids is 2. The Balaban J connectivity index is 2.56. The zero-order valence-corrected chi connectivity index (χ0v) is 11.2. The van der Waals surface area contributed by atoms with Crippen LogP contribution in [0.2, 0.25) is 5.02 Å². The number of Topliss-reactive ketones (excluding diaryl/α,β-unsaturated/α-hetero) is 2. The van der Waals surface area contributed by atoms with Gasteiger partial charge in [-0.3, -0.25) is 9.59 Å². The molecule has 3 heteroatoms. The van der Waals surface area contributed by atoms with Gasteiger partial charge in [0.1, 0.15) is 0 Å². The van der Waals surface area contributed by atoms with Crippen LogP contribution in [0.25, 0.3) is 0 Å². The van der Waals surface area contributed by atoms with Crippen LogP contribution >= 0.6 is 11.6 Å². The van der Waals surface area contributed by atoms with Crippen molar-refractivity contribution in [3.8, 4) is 0 Å². The maximum atomic E-state index is 12.2. The van der Waals surface area contributed by atoms with Gasteiger partial charge in [-0.05, 0) is 17.2 Å². The summed E-state index contributed by atoms with van der Waals surface area (Å²) in [5, 5.41) is 0.492. The zero-order valence-electron chi connectivity index (χ0n) is 10.5. The van der Waals surface area contributed by atoms with Gasteiger partial charge in [0.05, 0.1) is 5.92 Å². The fourth-order valence-corrected chi connectivity index (χ4v) is 2.27. The lowest BCUT2D eigenvalue weighted by atomic mass is 9.86. The van der Waals surface area contributed by atoms with Crippen LogP contribution in [-0.4, -0.2) is 11.6 Å². The summed E-state index contributed by atoms with van der Waals surface area (Å²) in [5.41, 5.74) is 1.44. The molecule has 2 aromatic rings. The highest BCUT2D eigenvalue weighted by atomic mass is 35.5. The number of rotatable bonds is 4. The van der Waals surface area contributed by atoms with Crippen molar-refractivity contribution in [2.24, 2.45) is 0 Å². The molecule has 0 aliphatic carbocycles. The third kappa shape index (κ3) is 2.91. The molecule has 2 nitrogen and oxygen atoms in total. The van der Waals surface area contributed by atoms with E-state index in [9.17, 15) is 9.59 Å². The molecule has 0 spiro atoms. The fraction of sp³-hybridized carbons (Fsp3) is 0.125. The van der Waals surface area contributed by atoms with E-state index in [4.69, 9.17) is 11.6 Å². The van der Waals surface area contributed by atoms with Crippen LogP contribution in [0.15, 0.2) is 54.6 Å². The molecule has 0 aliphatic rings. The molecule has 0 aromatic heterocycles. The second-order valence-electron chi connectivity index (χ2n) is 4.29. The Kier molecular flexibility index (Phi) is 4.13. The van der Waals surface area contributed by atoms with Crippen LogP contribution in [0.4, 0.5) is 0 Å². The lowest BCUT2D eigenvalue weighted by Crippen LogP contribution is -2.21. The Morgan fingerprint density at radius 3 is 2.11 bits per heavy atom. The van der Waals surface area contributed by atoms with Crippen molar-refractivity contribution in [3.63, 3.8) is 0 Å². The summed E-state index contributed by atoms with van der Waals surface area (Å²) in [6.07, 6.45) is 0. The van der Waals surface area contributed by atoms with E-state index in [0.717, 1.165) is 5.56 Å². The Labute approximate surface area is 117 Å². The van der Waals surface area contributed by atoms with E-state index >= 15 is 0 Å².